The first kappa shape index (κ1) is 32.3. The number of halogens is 1. The van der Waals surface area contributed by atoms with Crippen molar-refractivity contribution >= 4 is 40.2 Å². The second-order valence-electron chi connectivity index (χ2n) is 11.9. The first-order valence-electron chi connectivity index (χ1n) is 12.4. The molecule has 204 valence electrons. The maximum Gasteiger partial charge on any atom is 0.341 e. The molecule has 0 amide bonds. The van der Waals surface area contributed by atoms with Crippen molar-refractivity contribution in [2.24, 2.45) is 0 Å². The van der Waals surface area contributed by atoms with Crippen LogP contribution in [-0.2, 0) is 20.7 Å². The summed E-state index contributed by atoms with van der Waals surface area (Å²) in [6.45, 7) is 23.5. The number of benzene rings is 1. The van der Waals surface area contributed by atoms with Crippen molar-refractivity contribution in [3.63, 3.8) is 0 Å². The molecule has 0 aliphatic carbocycles. The number of methoxy groups -OCH3 is 1. The van der Waals surface area contributed by atoms with Crippen LogP contribution in [0.2, 0.25) is 41.3 Å². The summed E-state index contributed by atoms with van der Waals surface area (Å²) in [6, 6.07) is 1.76. The summed E-state index contributed by atoms with van der Waals surface area (Å²) in [5, 5.41) is 0.218. The van der Waals surface area contributed by atoms with Gasteiger partial charge in [0.05, 0.1) is 18.7 Å². The van der Waals surface area contributed by atoms with Crippen LogP contribution < -0.4 is 8.85 Å². The molecule has 0 N–H and O–H groups in total. The molecule has 0 radical (unpaired) electrons. The van der Waals surface area contributed by atoms with Crippen molar-refractivity contribution in [2.75, 3.05) is 13.7 Å². The van der Waals surface area contributed by atoms with Crippen molar-refractivity contribution in [3.05, 3.63) is 34.4 Å². The number of carbonyl (C=O) groups is 2. The van der Waals surface area contributed by atoms with Gasteiger partial charge in [0.2, 0.25) is 0 Å². The minimum atomic E-state index is -2.33. The Bertz CT molecular complexity index is 972. The first-order chi connectivity index (χ1) is 16.3. The Morgan fingerprint density at radius 1 is 0.944 bits per heavy atom. The van der Waals surface area contributed by atoms with Gasteiger partial charge in [0.1, 0.15) is 17.1 Å². The Morgan fingerprint density at radius 2 is 1.44 bits per heavy atom. The van der Waals surface area contributed by atoms with Crippen LogP contribution in [0, 0.1) is 0 Å². The fourth-order valence-electron chi connectivity index (χ4n) is 2.83. The van der Waals surface area contributed by atoms with Gasteiger partial charge < -0.3 is 18.3 Å². The summed E-state index contributed by atoms with van der Waals surface area (Å²) >= 11 is 6.92. The van der Waals surface area contributed by atoms with Gasteiger partial charge in [-0.3, -0.25) is 0 Å². The number of hydrogen-bond acceptors (Lipinski definition) is 6. The van der Waals surface area contributed by atoms with Gasteiger partial charge in [-0.1, -0.05) is 59.2 Å². The molecule has 0 aromatic heterocycles. The molecule has 0 fully saturated rings. The van der Waals surface area contributed by atoms with Crippen molar-refractivity contribution < 1.29 is 27.9 Å². The summed E-state index contributed by atoms with van der Waals surface area (Å²) in [5.41, 5.74) is 0.890. The molecule has 0 saturated heterocycles. The van der Waals surface area contributed by atoms with Crippen molar-refractivity contribution in [1.82, 2.24) is 0 Å². The topological polar surface area (TPSA) is 71.1 Å². The average Bonchev–Trinajstić information content (AvgIpc) is 2.71. The Balaban J connectivity index is 3.74. The Kier molecular flexibility index (Phi) is 10.9. The second-order valence-corrected chi connectivity index (χ2v) is 21.8. The first-order valence-corrected chi connectivity index (χ1v) is 18.6. The maximum absolute atomic E-state index is 13.1. The highest BCUT2D eigenvalue weighted by molar-refractivity contribution is 6.75. The molecule has 0 bridgehead atoms. The number of esters is 2. The third kappa shape index (κ3) is 8.11. The van der Waals surface area contributed by atoms with Crippen LogP contribution in [0.5, 0.6) is 11.5 Å². The predicted octanol–water partition coefficient (Wildman–Crippen LogP) is 7.95. The van der Waals surface area contributed by atoms with E-state index in [2.05, 4.69) is 67.7 Å². The zero-order valence-corrected chi connectivity index (χ0v) is 26.9. The van der Waals surface area contributed by atoms with E-state index in [1.807, 2.05) is 0 Å². The third-order valence-electron chi connectivity index (χ3n) is 7.13. The van der Waals surface area contributed by atoms with E-state index in [1.54, 1.807) is 19.1 Å². The van der Waals surface area contributed by atoms with Gasteiger partial charge in [0.25, 0.3) is 16.6 Å². The number of ether oxygens (including phenoxy) is 2. The molecule has 1 aromatic carbocycles. The predicted molar refractivity (Wildman–Crippen MR) is 153 cm³/mol. The molecule has 0 saturated carbocycles. The zero-order valence-electron chi connectivity index (χ0n) is 24.2. The largest absolute Gasteiger partial charge is 0.543 e. The standard InChI is InChI=1S/C27H45ClO6Si2/c1-13-32-22(29)17-15-14-16-19-23(25(30)31-8)20(33-35(9,10)26(2,3)4)18-21(24(19)28)34-36(11,12)27(5,6)7/h15,17-18H,13-14,16H2,1-12H3/b17-15+. The highest BCUT2D eigenvalue weighted by Crippen LogP contribution is 2.46. The van der Waals surface area contributed by atoms with Gasteiger partial charge in [-0.15, -0.1) is 0 Å². The smallest absolute Gasteiger partial charge is 0.341 e. The number of allylic oxidation sites excluding steroid dienone is 1. The van der Waals surface area contributed by atoms with Crippen LogP contribution >= 0.6 is 11.6 Å². The van der Waals surface area contributed by atoms with Gasteiger partial charge in [-0.25, -0.2) is 9.59 Å². The fraction of sp³-hybridized carbons (Fsp3) is 0.630. The normalized spacial score (nSPS) is 13.0. The van der Waals surface area contributed by atoms with E-state index >= 15 is 0 Å². The monoisotopic (exact) mass is 556 g/mol. The molecule has 1 aromatic rings. The zero-order chi connectivity index (χ0) is 28.1. The number of rotatable bonds is 10. The minimum Gasteiger partial charge on any atom is -0.543 e. The molecular weight excluding hydrogens is 512 g/mol. The van der Waals surface area contributed by atoms with Crippen LogP contribution in [0.15, 0.2) is 18.2 Å². The van der Waals surface area contributed by atoms with Gasteiger partial charge in [-0.05, 0) is 61.6 Å². The lowest BCUT2D eigenvalue weighted by molar-refractivity contribution is -0.137. The summed E-state index contributed by atoms with van der Waals surface area (Å²) in [6.07, 6.45) is 3.96. The molecular formula is C27H45ClO6Si2. The molecule has 0 spiro atoms. The van der Waals surface area contributed by atoms with E-state index in [0.717, 1.165) is 0 Å². The van der Waals surface area contributed by atoms with E-state index in [4.69, 9.17) is 29.9 Å². The van der Waals surface area contributed by atoms with Gasteiger partial charge in [0, 0.05) is 12.1 Å². The van der Waals surface area contributed by atoms with Gasteiger partial charge >= 0.3 is 11.9 Å². The Morgan fingerprint density at radius 3 is 1.89 bits per heavy atom. The summed E-state index contributed by atoms with van der Waals surface area (Å²) in [5.74, 6) is 0.00697. The molecule has 6 nitrogen and oxygen atoms in total. The van der Waals surface area contributed by atoms with E-state index < -0.39 is 28.6 Å². The lowest BCUT2D eigenvalue weighted by atomic mass is 10.0. The fourth-order valence-corrected chi connectivity index (χ4v) is 5.21. The minimum absolute atomic E-state index is 0.0552. The molecule has 36 heavy (non-hydrogen) atoms. The maximum atomic E-state index is 13.1. The molecule has 1 rings (SSSR count). The second kappa shape index (κ2) is 12.2. The summed E-state index contributed by atoms with van der Waals surface area (Å²) in [4.78, 5) is 24.8. The van der Waals surface area contributed by atoms with Gasteiger partial charge in [-0.2, -0.15) is 0 Å². The lowest BCUT2D eigenvalue weighted by Crippen LogP contribution is -2.45. The van der Waals surface area contributed by atoms with Crippen LogP contribution in [-0.4, -0.2) is 42.3 Å². The molecule has 0 aliphatic heterocycles. The van der Waals surface area contributed by atoms with Gasteiger partial charge in [0.15, 0.2) is 0 Å². The molecule has 0 heterocycles. The Labute approximate surface area is 224 Å². The highest BCUT2D eigenvalue weighted by atomic mass is 35.5. The van der Waals surface area contributed by atoms with Crippen LogP contribution in [0.25, 0.3) is 0 Å². The number of carbonyl (C=O) groups excluding carboxylic acids is 2. The van der Waals surface area contributed by atoms with Crippen LogP contribution in [0.4, 0.5) is 0 Å². The van der Waals surface area contributed by atoms with Crippen molar-refractivity contribution in [2.45, 2.75) is 97.6 Å². The Hall–Kier alpha value is -1.78. The van der Waals surface area contributed by atoms with Crippen molar-refractivity contribution in [3.8, 4) is 11.5 Å². The molecule has 0 unspecified atom stereocenters. The van der Waals surface area contributed by atoms with Crippen LogP contribution in [0.1, 0.15) is 70.8 Å². The quantitative estimate of drug-likeness (QED) is 0.165. The average molecular weight is 557 g/mol. The SMILES string of the molecule is CCOC(=O)/C=C/CCc1c(Cl)c(O[Si](C)(C)C(C)(C)C)cc(O[Si](C)(C)C(C)(C)C)c1C(=O)OC. The molecule has 9 heteroatoms. The lowest BCUT2D eigenvalue weighted by Gasteiger charge is -2.39. The molecule has 0 atom stereocenters. The van der Waals surface area contributed by atoms with E-state index in [1.165, 1.54) is 13.2 Å². The van der Waals surface area contributed by atoms with Crippen LogP contribution in [0.3, 0.4) is 0 Å². The van der Waals surface area contributed by atoms with E-state index in [0.29, 0.717) is 47.1 Å². The molecule has 0 aliphatic rings. The summed E-state index contributed by atoms with van der Waals surface area (Å²) in [7, 11) is -3.24. The van der Waals surface area contributed by atoms with E-state index in [9.17, 15) is 9.59 Å². The number of hydrogen-bond donors (Lipinski definition) is 0. The van der Waals surface area contributed by atoms with E-state index in [-0.39, 0.29) is 10.1 Å². The summed E-state index contributed by atoms with van der Waals surface area (Å²) < 4.78 is 23.4. The van der Waals surface area contributed by atoms with Crippen molar-refractivity contribution in [1.29, 1.82) is 0 Å². The highest BCUT2D eigenvalue weighted by Gasteiger charge is 2.42. The third-order valence-corrected chi connectivity index (χ3v) is 16.2.